The van der Waals surface area contributed by atoms with Gasteiger partial charge in [-0.15, -0.1) is 0 Å². The zero-order valence-electron chi connectivity index (χ0n) is 11.7. The van der Waals surface area contributed by atoms with Gasteiger partial charge in [0.2, 0.25) is 0 Å². The lowest BCUT2D eigenvalue weighted by atomic mass is 10.0. The van der Waals surface area contributed by atoms with Crippen molar-refractivity contribution < 1.29 is 0 Å². The predicted octanol–water partition coefficient (Wildman–Crippen LogP) is 1.67. The Morgan fingerprint density at radius 3 is 2.00 bits per heavy atom. The molecule has 1 atom stereocenters. The molecule has 2 aliphatic heterocycles. The molecule has 1 saturated carbocycles. The summed E-state index contributed by atoms with van der Waals surface area (Å²) < 4.78 is 0. The van der Waals surface area contributed by atoms with E-state index in [1.807, 2.05) is 0 Å². The number of hydrogen-bond donors (Lipinski definition) is 1. The number of nitrogens with two attached hydrogens (primary N) is 1. The summed E-state index contributed by atoms with van der Waals surface area (Å²) in [5.74, 6) is 0.776. The fraction of sp³-hybridized carbons (Fsp3) is 1.00. The summed E-state index contributed by atoms with van der Waals surface area (Å²) in [6, 6.07) is 1.79. The Hall–Kier alpha value is -0.120. The Balaban J connectivity index is 1.45. The van der Waals surface area contributed by atoms with Crippen molar-refractivity contribution >= 4 is 0 Å². The van der Waals surface area contributed by atoms with Crippen molar-refractivity contribution in [1.29, 1.82) is 0 Å². The molecule has 1 unspecified atom stereocenters. The molecule has 3 nitrogen and oxygen atoms in total. The lowest BCUT2D eigenvalue weighted by molar-refractivity contribution is 0.0959. The Labute approximate surface area is 112 Å². The summed E-state index contributed by atoms with van der Waals surface area (Å²) >= 11 is 0. The summed E-state index contributed by atoms with van der Waals surface area (Å²) in [7, 11) is 0. The van der Waals surface area contributed by atoms with Crippen LogP contribution in [0.5, 0.6) is 0 Å². The highest BCUT2D eigenvalue weighted by molar-refractivity contribution is 4.88. The van der Waals surface area contributed by atoms with Crippen LogP contribution in [0.1, 0.15) is 44.9 Å². The zero-order chi connectivity index (χ0) is 12.4. The summed E-state index contributed by atoms with van der Waals surface area (Å²) in [5, 5.41) is 0. The molecule has 1 aliphatic carbocycles. The molecule has 0 radical (unpaired) electrons. The first kappa shape index (κ1) is 12.9. The normalized spacial score (nSPS) is 33.5. The average Bonchev–Trinajstić information content (AvgIpc) is 3.10. The third-order valence-electron chi connectivity index (χ3n) is 5.51. The minimum Gasteiger partial charge on any atom is -0.330 e. The van der Waals surface area contributed by atoms with E-state index < -0.39 is 0 Å². The van der Waals surface area contributed by atoms with Gasteiger partial charge in [-0.3, -0.25) is 4.90 Å². The summed E-state index contributed by atoms with van der Waals surface area (Å²) in [5.41, 5.74) is 5.80. The molecule has 0 spiro atoms. The molecule has 0 amide bonds. The second kappa shape index (κ2) is 5.89. The van der Waals surface area contributed by atoms with E-state index in [9.17, 15) is 0 Å². The molecular weight excluding hydrogens is 222 g/mol. The van der Waals surface area contributed by atoms with Gasteiger partial charge < -0.3 is 10.6 Å². The first-order valence-electron chi connectivity index (χ1n) is 8.05. The summed E-state index contributed by atoms with van der Waals surface area (Å²) in [6.45, 7) is 6.15. The Bertz CT molecular complexity index is 254. The fourth-order valence-electron chi connectivity index (χ4n) is 4.27. The average molecular weight is 251 g/mol. The molecule has 3 rings (SSSR count). The van der Waals surface area contributed by atoms with Crippen molar-refractivity contribution in [3.05, 3.63) is 0 Å². The van der Waals surface area contributed by atoms with E-state index in [0.29, 0.717) is 0 Å². The Morgan fingerprint density at radius 1 is 0.778 bits per heavy atom. The van der Waals surface area contributed by atoms with Gasteiger partial charge in [-0.25, -0.2) is 0 Å². The minimum atomic E-state index is 0.776. The highest BCUT2D eigenvalue weighted by atomic mass is 15.2. The topological polar surface area (TPSA) is 32.5 Å². The lowest BCUT2D eigenvalue weighted by Crippen LogP contribution is -2.47. The van der Waals surface area contributed by atoms with Crippen LogP contribution in [0.4, 0.5) is 0 Å². The van der Waals surface area contributed by atoms with Gasteiger partial charge in [0.05, 0.1) is 0 Å². The molecule has 104 valence electrons. The maximum absolute atomic E-state index is 5.80. The largest absolute Gasteiger partial charge is 0.330 e. The van der Waals surface area contributed by atoms with E-state index in [0.717, 1.165) is 24.5 Å². The van der Waals surface area contributed by atoms with E-state index in [2.05, 4.69) is 9.80 Å². The molecule has 2 heterocycles. The van der Waals surface area contributed by atoms with Gasteiger partial charge >= 0.3 is 0 Å². The fourth-order valence-corrected chi connectivity index (χ4v) is 4.27. The van der Waals surface area contributed by atoms with Crippen LogP contribution < -0.4 is 5.73 Å². The van der Waals surface area contributed by atoms with Crippen molar-refractivity contribution in [2.24, 2.45) is 11.7 Å². The van der Waals surface area contributed by atoms with Crippen LogP contribution >= 0.6 is 0 Å². The molecule has 2 saturated heterocycles. The first-order valence-corrected chi connectivity index (χ1v) is 8.05. The molecule has 0 aromatic heterocycles. The van der Waals surface area contributed by atoms with Crippen molar-refractivity contribution in [2.75, 3.05) is 32.7 Å². The molecule has 3 fully saturated rings. The quantitative estimate of drug-likeness (QED) is 0.828. The number of nitrogens with zero attached hydrogens (tertiary/aromatic N) is 2. The lowest BCUT2D eigenvalue weighted by Gasteiger charge is -2.39. The molecule has 18 heavy (non-hydrogen) atoms. The molecule has 3 heteroatoms. The van der Waals surface area contributed by atoms with Gasteiger partial charge in [-0.1, -0.05) is 12.8 Å². The molecule has 0 aromatic carbocycles. The third kappa shape index (κ3) is 2.73. The summed E-state index contributed by atoms with van der Waals surface area (Å²) in [6.07, 6.45) is 9.98. The molecule has 3 aliphatic rings. The highest BCUT2D eigenvalue weighted by Crippen LogP contribution is 2.29. The third-order valence-corrected chi connectivity index (χ3v) is 5.51. The molecule has 2 N–H and O–H groups in total. The van der Waals surface area contributed by atoms with E-state index >= 15 is 0 Å². The number of rotatable bonds is 3. The maximum atomic E-state index is 5.80. The van der Waals surface area contributed by atoms with Gasteiger partial charge in [0.15, 0.2) is 0 Å². The van der Waals surface area contributed by atoms with Gasteiger partial charge in [0, 0.05) is 18.6 Å². The van der Waals surface area contributed by atoms with E-state index in [1.54, 1.807) is 0 Å². The predicted molar refractivity (Wildman–Crippen MR) is 75.6 cm³/mol. The second-order valence-corrected chi connectivity index (χ2v) is 6.59. The summed E-state index contributed by atoms with van der Waals surface area (Å²) in [4.78, 5) is 5.50. The standard InChI is InChI=1S/C15H29N3/c16-11-13-5-8-18(12-13)15-6-9-17(10-7-15)14-3-1-2-4-14/h13-15H,1-12,16H2. The molecule has 0 bridgehead atoms. The number of hydrogen-bond acceptors (Lipinski definition) is 3. The number of piperidine rings is 1. The van der Waals surface area contributed by atoms with Crippen LogP contribution in [0.25, 0.3) is 0 Å². The van der Waals surface area contributed by atoms with Crippen LogP contribution in [0.3, 0.4) is 0 Å². The minimum absolute atomic E-state index is 0.776. The van der Waals surface area contributed by atoms with Crippen LogP contribution in [-0.4, -0.2) is 54.6 Å². The second-order valence-electron chi connectivity index (χ2n) is 6.59. The van der Waals surface area contributed by atoms with Crippen molar-refractivity contribution in [3.8, 4) is 0 Å². The first-order chi connectivity index (χ1) is 8.86. The van der Waals surface area contributed by atoms with Crippen LogP contribution in [0, 0.1) is 5.92 Å². The van der Waals surface area contributed by atoms with E-state index in [4.69, 9.17) is 5.73 Å². The molecule has 0 aromatic rings. The van der Waals surface area contributed by atoms with E-state index in [-0.39, 0.29) is 0 Å². The van der Waals surface area contributed by atoms with E-state index in [1.165, 1.54) is 71.1 Å². The maximum Gasteiger partial charge on any atom is 0.0120 e. The van der Waals surface area contributed by atoms with Gasteiger partial charge in [-0.05, 0) is 64.2 Å². The Morgan fingerprint density at radius 2 is 1.39 bits per heavy atom. The SMILES string of the molecule is NCC1CCN(C2CCN(C3CCCC3)CC2)C1. The Kier molecular flexibility index (Phi) is 4.22. The van der Waals surface area contributed by atoms with Crippen molar-refractivity contribution in [3.63, 3.8) is 0 Å². The zero-order valence-corrected chi connectivity index (χ0v) is 11.7. The van der Waals surface area contributed by atoms with Crippen LogP contribution in [0.15, 0.2) is 0 Å². The monoisotopic (exact) mass is 251 g/mol. The van der Waals surface area contributed by atoms with Crippen molar-refractivity contribution in [2.45, 2.75) is 57.0 Å². The molecular formula is C15H29N3. The van der Waals surface area contributed by atoms with Crippen LogP contribution in [-0.2, 0) is 0 Å². The number of likely N-dealkylation sites (tertiary alicyclic amines) is 2. The van der Waals surface area contributed by atoms with Gasteiger partial charge in [0.1, 0.15) is 0 Å². The van der Waals surface area contributed by atoms with Gasteiger partial charge in [-0.2, -0.15) is 0 Å². The highest BCUT2D eigenvalue weighted by Gasteiger charge is 2.32. The van der Waals surface area contributed by atoms with Gasteiger partial charge in [0.25, 0.3) is 0 Å². The van der Waals surface area contributed by atoms with Crippen LogP contribution in [0.2, 0.25) is 0 Å². The smallest absolute Gasteiger partial charge is 0.0120 e. The van der Waals surface area contributed by atoms with Crippen molar-refractivity contribution in [1.82, 2.24) is 9.80 Å².